The SMILES string of the molecule is N[C@]1(C2CCOC2)N=CN=C2C1=NCN2[C@@H]1O[C@H](CO)[C@@H](O)[C@H]1O. The Hall–Kier alpha value is -1.43. The van der Waals surface area contributed by atoms with Crippen LogP contribution >= 0.6 is 0 Å². The molecule has 10 heteroatoms. The molecular weight excluding hydrogens is 318 g/mol. The van der Waals surface area contributed by atoms with Crippen LogP contribution in [0.4, 0.5) is 0 Å². The Labute approximate surface area is 138 Å². The Bertz CT molecular complexity index is 604. The Morgan fingerprint density at radius 3 is 2.88 bits per heavy atom. The first kappa shape index (κ1) is 16.1. The van der Waals surface area contributed by atoms with Crippen molar-refractivity contribution < 1.29 is 24.8 Å². The highest BCUT2D eigenvalue weighted by Crippen LogP contribution is 2.33. The van der Waals surface area contributed by atoms with E-state index in [-0.39, 0.29) is 19.2 Å². The lowest BCUT2D eigenvalue weighted by atomic mass is 9.87. The number of aliphatic hydroxyl groups excluding tert-OH is 3. The minimum atomic E-state index is -1.18. The number of nitrogens with two attached hydrogens (primary N) is 1. The molecule has 24 heavy (non-hydrogen) atoms. The Morgan fingerprint density at radius 2 is 2.21 bits per heavy atom. The minimum Gasteiger partial charge on any atom is -0.394 e. The number of aliphatic hydroxyl groups is 3. The highest BCUT2D eigenvalue weighted by atomic mass is 16.6. The number of amidine groups is 1. The first-order valence-electron chi connectivity index (χ1n) is 7.98. The summed E-state index contributed by atoms with van der Waals surface area (Å²) < 4.78 is 11.0. The van der Waals surface area contributed by atoms with E-state index in [0.717, 1.165) is 6.42 Å². The molecule has 4 rings (SSSR count). The first-order valence-corrected chi connectivity index (χ1v) is 7.98. The molecule has 0 aromatic carbocycles. The van der Waals surface area contributed by atoms with E-state index in [1.165, 1.54) is 6.34 Å². The third-order valence-electron chi connectivity index (χ3n) is 5.07. The number of aliphatic imine (C=N–C) groups is 3. The highest BCUT2D eigenvalue weighted by molar-refractivity contribution is 6.47. The second-order valence-corrected chi connectivity index (χ2v) is 6.43. The lowest BCUT2D eigenvalue weighted by Gasteiger charge is -2.35. The molecule has 0 aliphatic carbocycles. The molecule has 4 aliphatic heterocycles. The van der Waals surface area contributed by atoms with Gasteiger partial charge in [0.05, 0.1) is 13.2 Å². The van der Waals surface area contributed by atoms with Crippen LogP contribution in [0.25, 0.3) is 0 Å². The normalized spacial score (nSPS) is 44.7. The van der Waals surface area contributed by atoms with E-state index in [1.54, 1.807) is 4.90 Å². The Balaban J connectivity index is 1.58. The molecule has 0 spiro atoms. The van der Waals surface area contributed by atoms with Crippen molar-refractivity contribution in [1.82, 2.24) is 4.90 Å². The van der Waals surface area contributed by atoms with Crippen molar-refractivity contribution in [2.45, 2.75) is 36.6 Å². The largest absolute Gasteiger partial charge is 0.394 e. The van der Waals surface area contributed by atoms with Gasteiger partial charge in [0.15, 0.2) is 17.7 Å². The van der Waals surface area contributed by atoms with E-state index in [9.17, 15) is 15.3 Å². The maximum atomic E-state index is 10.2. The molecule has 0 radical (unpaired) electrons. The van der Waals surface area contributed by atoms with Gasteiger partial charge >= 0.3 is 0 Å². The van der Waals surface area contributed by atoms with Crippen molar-refractivity contribution in [2.75, 3.05) is 26.5 Å². The van der Waals surface area contributed by atoms with Crippen LogP contribution in [0.1, 0.15) is 6.42 Å². The third kappa shape index (κ3) is 2.22. The van der Waals surface area contributed by atoms with Crippen LogP contribution in [0, 0.1) is 5.92 Å². The van der Waals surface area contributed by atoms with E-state index in [0.29, 0.717) is 24.8 Å². The van der Waals surface area contributed by atoms with Crippen molar-refractivity contribution >= 4 is 17.9 Å². The first-order chi connectivity index (χ1) is 11.6. The van der Waals surface area contributed by atoms with E-state index in [2.05, 4.69) is 15.0 Å². The van der Waals surface area contributed by atoms with Crippen LogP contribution in [-0.4, -0.2) is 94.8 Å². The maximum absolute atomic E-state index is 10.2. The predicted molar refractivity (Wildman–Crippen MR) is 83.7 cm³/mol. The van der Waals surface area contributed by atoms with Gasteiger partial charge in [-0.3, -0.25) is 4.99 Å². The van der Waals surface area contributed by atoms with Crippen molar-refractivity contribution in [2.24, 2.45) is 26.6 Å². The summed E-state index contributed by atoms with van der Waals surface area (Å²) in [5.41, 5.74) is 6.04. The summed E-state index contributed by atoms with van der Waals surface area (Å²) in [6.45, 7) is 0.951. The molecule has 10 nitrogen and oxygen atoms in total. The summed E-state index contributed by atoms with van der Waals surface area (Å²) in [5.74, 6) is 0.484. The highest BCUT2D eigenvalue weighted by Gasteiger charge is 2.52. The minimum absolute atomic E-state index is 0.00292. The zero-order valence-electron chi connectivity index (χ0n) is 13.0. The Kier molecular flexibility index (Phi) is 3.90. The van der Waals surface area contributed by atoms with Crippen molar-refractivity contribution in [3.05, 3.63) is 0 Å². The second kappa shape index (κ2) is 5.83. The van der Waals surface area contributed by atoms with E-state index in [4.69, 9.17) is 15.2 Å². The third-order valence-corrected chi connectivity index (χ3v) is 5.07. The number of ether oxygens (including phenoxy) is 2. The predicted octanol–water partition coefficient (Wildman–Crippen LogP) is -2.73. The molecule has 0 amide bonds. The van der Waals surface area contributed by atoms with Gasteiger partial charge in [-0.05, 0) is 6.42 Å². The van der Waals surface area contributed by atoms with Crippen LogP contribution in [0.15, 0.2) is 15.0 Å². The lowest BCUT2D eigenvalue weighted by Crippen LogP contribution is -2.59. The topological polar surface area (TPSA) is 145 Å². The smallest absolute Gasteiger partial charge is 0.162 e. The number of hydrogen-bond acceptors (Lipinski definition) is 10. The fourth-order valence-electron chi connectivity index (χ4n) is 3.62. The average Bonchev–Trinajstić information content (AvgIpc) is 3.29. The molecule has 4 aliphatic rings. The molecule has 132 valence electrons. The number of rotatable bonds is 3. The van der Waals surface area contributed by atoms with Crippen LogP contribution in [0.5, 0.6) is 0 Å². The summed E-state index contributed by atoms with van der Waals surface area (Å²) in [5, 5.41) is 29.4. The van der Waals surface area contributed by atoms with Gasteiger partial charge in [-0.2, -0.15) is 0 Å². The summed E-state index contributed by atoms with van der Waals surface area (Å²) in [7, 11) is 0. The monoisotopic (exact) mass is 339 g/mol. The molecule has 2 saturated heterocycles. The van der Waals surface area contributed by atoms with Crippen molar-refractivity contribution in [3.8, 4) is 0 Å². The summed E-state index contributed by atoms with van der Waals surface area (Å²) in [6.07, 6.45) is -1.88. The summed E-state index contributed by atoms with van der Waals surface area (Å²) in [4.78, 5) is 14.7. The molecule has 2 fully saturated rings. The van der Waals surface area contributed by atoms with Gasteiger partial charge in [-0.15, -0.1) is 0 Å². The number of hydrogen-bond donors (Lipinski definition) is 4. The van der Waals surface area contributed by atoms with Crippen LogP contribution in [0.3, 0.4) is 0 Å². The zero-order chi connectivity index (χ0) is 16.9. The van der Waals surface area contributed by atoms with Gasteiger partial charge in [0, 0.05) is 12.5 Å². The van der Waals surface area contributed by atoms with E-state index >= 15 is 0 Å². The van der Waals surface area contributed by atoms with Crippen molar-refractivity contribution in [3.63, 3.8) is 0 Å². The molecule has 4 heterocycles. The number of fused-ring (bicyclic) bond motifs is 1. The number of nitrogens with zero attached hydrogens (tertiary/aromatic N) is 4. The van der Waals surface area contributed by atoms with Crippen LogP contribution < -0.4 is 5.73 Å². The summed E-state index contributed by atoms with van der Waals surface area (Å²) in [6, 6.07) is 0. The molecule has 5 N–H and O–H groups in total. The maximum Gasteiger partial charge on any atom is 0.162 e. The Morgan fingerprint density at radius 1 is 1.38 bits per heavy atom. The summed E-state index contributed by atoms with van der Waals surface area (Å²) >= 11 is 0. The van der Waals surface area contributed by atoms with Gasteiger partial charge in [-0.1, -0.05) is 0 Å². The van der Waals surface area contributed by atoms with Gasteiger partial charge in [0.2, 0.25) is 0 Å². The molecule has 0 aromatic rings. The standard InChI is InChI=1S/C14H21N5O5/c15-14(7-1-2-23-4-7)11-12(16-5-18-14)19(6-17-11)13-10(22)9(21)8(3-20)24-13/h5,7-10,13,20-22H,1-4,6,15H2/t7?,8-,9-,10-,13-,14-/m1/s1. The van der Waals surface area contributed by atoms with Gasteiger partial charge in [-0.25, -0.2) is 9.98 Å². The molecule has 0 bridgehead atoms. The van der Waals surface area contributed by atoms with Gasteiger partial charge in [0.1, 0.15) is 37.0 Å². The lowest BCUT2D eigenvalue weighted by molar-refractivity contribution is -0.0688. The second-order valence-electron chi connectivity index (χ2n) is 6.43. The van der Waals surface area contributed by atoms with Crippen LogP contribution in [-0.2, 0) is 9.47 Å². The quantitative estimate of drug-likeness (QED) is 0.437. The average molecular weight is 339 g/mol. The van der Waals surface area contributed by atoms with E-state index in [1.807, 2.05) is 0 Å². The van der Waals surface area contributed by atoms with Gasteiger partial charge in [0.25, 0.3) is 0 Å². The van der Waals surface area contributed by atoms with Crippen molar-refractivity contribution in [1.29, 1.82) is 0 Å². The van der Waals surface area contributed by atoms with E-state index < -0.39 is 30.2 Å². The fraction of sp³-hybridized carbons (Fsp3) is 0.786. The molecule has 0 aromatic heterocycles. The molecular formula is C14H21N5O5. The zero-order valence-corrected chi connectivity index (χ0v) is 13.0. The molecule has 6 atom stereocenters. The van der Waals surface area contributed by atoms with Gasteiger partial charge < -0.3 is 35.4 Å². The van der Waals surface area contributed by atoms with Crippen LogP contribution in [0.2, 0.25) is 0 Å². The molecule has 0 saturated carbocycles. The fourth-order valence-corrected chi connectivity index (χ4v) is 3.62. The molecule has 1 unspecified atom stereocenters.